The lowest BCUT2D eigenvalue weighted by Gasteiger charge is -2.28. The fraction of sp³-hybridized carbons (Fsp3) is 0.333. The first-order valence-corrected chi connectivity index (χ1v) is 11.7. The van der Waals surface area contributed by atoms with E-state index in [4.69, 9.17) is 0 Å². The van der Waals surface area contributed by atoms with Gasteiger partial charge in [-0.2, -0.15) is 0 Å². The van der Waals surface area contributed by atoms with Crippen LogP contribution in [0.5, 0.6) is 0 Å². The van der Waals surface area contributed by atoms with Gasteiger partial charge in [0.1, 0.15) is 0 Å². The first-order valence-electron chi connectivity index (χ1n) is 11.7. The number of allylic oxidation sites excluding steroid dienone is 2. The van der Waals surface area contributed by atoms with Gasteiger partial charge in [0.15, 0.2) is 0 Å². The highest BCUT2D eigenvalue weighted by atomic mass is 14.3. The number of unbranched alkanes of at least 4 members (excludes halogenated alkanes) is 1. The molecule has 0 nitrogen and oxygen atoms in total. The predicted octanol–water partition coefficient (Wildman–Crippen LogP) is 7.83. The number of rotatable bonds is 4. The Morgan fingerprint density at radius 3 is 2.27 bits per heavy atom. The summed E-state index contributed by atoms with van der Waals surface area (Å²) in [5.74, 6) is 0.551. The van der Waals surface area contributed by atoms with Crippen molar-refractivity contribution in [3.63, 3.8) is 0 Å². The highest BCUT2D eigenvalue weighted by Crippen LogP contribution is 2.43. The Bertz CT molecular complexity index is 1100. The van der Waals surface area contributed by atoms with Gasteiger partial charge in [-0.3, -0.25) is 0 Å². The van der Waals surface area contributed by atoms with Crippen molar-refractivity contribution in [2.45, 2.75) is 58.8 Å². The third kappa shape index (κ3) is 3.54. The van der Waals surface area contributed by atoms with Crippen LogP contribution in [0.2, 0.25) is 0 Å². The van der Waals surface area contributed by atoms with Gasteiger partial charge < -0.3 is 0 Å². The van der Waals surface area contributed by atoms with E-state index in [1.54, 1.807) is 16.7 Å². The van der Waals surface area contributed by atoms with Crippen LogP contribution in [0.15, 0.2) is 72.3 Å². The minimum Gasteiger partial charge on any atom is -0.0689 e. The Balaban J connectivity index is 1.63. The molecule has 0 amide bonds. The molecule has 0 heterocycles. The molecule has 0 N–H and O–H groups in total. The Morgan fingerprint density at radius 1 is 0.733 bits per heavy atom. The van der Waals surface area contributed by atoms with Crippen molar-refractivity contribution in [1.82, 2.24) is 0 Å². The number of fused-ring (bicyclic) bond motifs is 4. The molecule has 0 saturated heterocycles. The maximum Gasteiger partial charge on any atom is -0.00751 e. The van der Waals surface area contributed by atoms with Crippen LogP contribution in [0.3, 0.4) is 0 Å². The summed E-state index contributed by atoms with van der Waals surface area (Å²) in [6.07, 6.45) is 8.39. The summed E-state index contributed by atoms with van der Waals surface area (Å²) in [7, 11) is 0. The molecule has 5 rings (SSSR count). The lowest BCUT2D eigenvalue weighted by atomic mass is 9.76. The van der Waals surface area contributed by atoms with E-state index in [9.17, 15) is 0 Å². The molecule has 0 fully saturated rings. The maximum atomic E-state index is 2.52. The van der Waals surface area contributed by atoms with Crippen LogP contribution >= 0.6 is 0 Å². The fourth-order valence-electron chi connectivity index (χ4n) is 5.64. The summed E-state index contributed by atoms with van der Waals surface area (Å²) in [6.45, 7) is 4.66. The van der Waals surface area contributed by atoms with E-state index >= 15 is 0 Å². The highest BCUT2D eigenvalue weighted by molar-refractivity contribution is 5.78. The van der Waals surface area contributed by atoms with Crippen molar-refractivity contribution in [2.24, 2.45) is 5.92 Å². The third-order valence-electron chi connectivity index (χ3n) is 7.17. The molecule has 0 radical (unpaired) electrons. The van der Waals surface area contributed by atoms with Crippen molar-refractivity contribution in [3.05, 3.63) is 100 Å². The van der Waals surface area contributed by atoms with Gasteiger partial charge in [0.25, 0.3) is 0 Å². The van der Waals surface area contributed by atoms with Crippen molar-refractivity contribution in [3.8, 4) is 11.1 Å². The predicted molar refractivity (Wildman–Crippen MR) is 129 cm³/mol. The first-order chi connectivity index (χ1) is 14.7. The second kappa shape index (κ2) is 8.26. The topological polar surface area (TPSA) is 0 Å². The van der Waals surface area contributed by atoms with Gasteiger partial charge in [-0.05, 0) is 95.9 Å². The molecule has 0 aliphatic heterocycles. The molecule has 0 bridgehead atoms. The largest absolute Gasteiger partial charge is 0.0689 e. The second-order valence-corrected chi connectivity index (χ2v) is 9.21. The SMILES string of the molecule is CCCCc1ccc2c(c1)CC(C1=C(C)CCc3ccccc31)Cc1ccccc1-2. The van der Waals surface area contributed by atoms with E-state index in [1.807, 2.05) is 0 Å². The van der Waals surface area contributed by atoms with Crippen LogP contribution in [-0.4, -0.2) is 0 Å². The normalized spacial score (nSPS) is 17.7. The lowest BCUT2D eigenvalue weighted by molar-refractivity contribution is 0.657. The molecule has 2 aliphatic rings. The quantitative estimate of drug-likeness (QED) is 0.424. The van der Waals surface area contributed by atoms with Crippen LogP contribution in [0.1, 0.15) is 60.9 Å². The molecule has 2 aliphatic carbocycles. The number of hydrogen-bond donors (Lipinski definition) is 0. The van der Waals surface area contributed by atoms with Crippen LogP contribution in [0.25, 0.3) is 16.7 Å². The molecule has 152 valence electrons. The summed E-state index contributed by atoms with van der Waals surface area (Å²) in [5.41, 5.74) is 13.7. The average Bonchev–Trinajstić information content (AvgIpc) is 2.93. The van der Waals surface area contributed by atoms with E-state index in [0.717, 1.165) is 12.8 Å². The van der Waals surface area contributed by atoms with E-state index in [1.165, 1.54) is 65.5 Å². The summed E-state index contributed by atoms with van der Waals surface area (Å²) in [6, 6.07) is 25.5. The van der Waals surface area contributed by atoms with Crippen LogP contribution < -0.4 is 0 Å². The Morgan fingerprint density at radius 2 is 1.43 bits per heavy atom. The van der Waals surface area contributed by atoms with E-state index < -0.39 is 0 Å². The highest BCUT2D eigenvalue weighted by Gasteiger charge is 2.28. The summed E-state index contributed by atoms with van der Waals surface area (Å²) < 4.78 is 0. The van der Waals surface area contributed by atoms with Crippen LogP contribution in [0.4, 0.5) is 0 Å². The van der Waals surface area contributed by atoms with E-state index in [-0.39, 0.29) is 0 Å². The number of benzene rings is 3. The van der Waals surface area contributed by atoms with Crippen molar-refractivity contribution in [1.29, 1.82) is 0 Å². The molecule has 3 aromatic carbocycles. The van der Waals surface area contributed by atoms with Gasteiger partial charge in [0, 0.05) is 0 Å². The third-order valence-corrected chi connectivity index (χ3v) is 7.17. The number of aryl methyl sites for hydroxylation is 2. The minimum absolute atomic E-state index is 0.551. The van der Waals surface area contributed by atoms with E-state index in [2.05, 4.69) is 80.6 Å². The average molecular weight is 393 g/mol. The smallest absolute Gasteiger partial charge is 0.00751 e. The lowest BCUT2D eigenvalue weighted by Crippen LogP contribution is -2.15. The molecule has 1 unspecified atom stereocenters. The second-order valence-electron chi connectivity index (χ2n) is 9.21. The molecule has 1 atom stereocenters. The minimum atomic E-state index is 0.551. The molecule has 0 aromatic heterocycles. The maximum absolute atomic E-state index is 2.52. The van der Waals surface area contributed by atoms with Gasteiger partial charge >= 0.3 is 0 Å². The van der Waals surface area contributed by atoms with Gasteiger partial charge in [-0.15, -0.1) is 0 Å². The molecule has 3 aromatic rings. The molecule has 0 saturated carbocycles. The Hall–Kier alpha value is -2.60. The van der Waals surface area contributed by atoms with E-state index in [0.29, 0.717) is 5.92 Å². The number of hydrogen-bond acceptors (Lipinski definition) is 0. The monoisotopic (exact) mass is 392 g/mol. The Kier molecular flexibility index (Phi) is 5.34. The molecule has 0 spiro atoms. The first kappa shape index (κ1) is 19.4. The molecular formula is C30H32. The van der Waals surface area contributed by atoms with Crippen molar-refractivity contribution in [2.75, 3.05) is 0 Å². The van der Waals surface area contributed by atoms with Crippen LogP contribution in [-0.2, 0) is 25.7 Å². The summed E-state index contributed by atoms with van der Waals surface area (Å²) in [4.78, 5) is 0. The zero-order valence-corrected chi connectivity index (χ0v) is 18.4. The van der Waals surface area contributed by atoms with Gasteiger partial charge in [-0.1, -0.05) is 85.6 Å². The van der Waals surface area contributed by atoms with Gasteiger partial charge in [0.2, 0.25) is 0 Å². The van der Waals surface area contributed by atoms with Crippen molar-refractivity contribution < 1.29 is 0 Å². The molecule has 30 heavy (non-hydrogen) atoms. The molecular weight excluding hydrogens is 360 g/mol. The summed E-state index contributed by atoms with van der Waals surface area (Å²) in [5, 5.41) is 0. The molecule has 0 heteroatoms. The standard InChI is InChI=1S/C30H32/c1-3-4-9-22-15-17-28-25(18-22)20-26(19-24-11-6-7-12-27(24)28)30-21(2)14-16-23-10-5-8-13-29(23)30/h5-8,10-13,15,17-18,26H,3-4,9,14,16,19-20H2,1-2H3. The van der Waals surface area contributed by atoms with Gasteiger partial charge in [0.05, 0.1) is 0 Å². The van der Waals surface area contributed by atoms with Crippen molar-refractivity contribution >= 4 is 5.57 Å². The zero-order valence-electron chi connectivity index (χ0n) is 18.4. The van der Waals surface area contributed by atoms with Crippen LogP contribution in [0, 0.1) is 5.92 Å². The summed E-state index contributed by atoms with van der Waals surface area (Å²) >= 11 is 0. The zero-order chi connectivity index (χ0) is 20.5. The fourth-order valence-corrected chi connectivity index (χ4v) is 5.64. The Labute approximate surface area is 181 Å². The van der Waals surface area contributed by atoms with Gasteiger partial charge in [-0.25, -0.2) is 0 Å².